The Bertz CT molecular complexity index is 1520. The second-order valence-corrected chi connectivity index (χ2v) is 11.5. The molecule has 2 aliphatic heterocycles. The molecule has 234 valence electrons. The Kier molecular flexibility index (Phi) is 10.0. The minimum atomic E-state index is -0.596. The van der Waals surface area contributed by atoms with E-state index in [1.165, 1.54) is 0 Å². The van der Waals surface area contributed by atoms with E-state index in [2.05, 4.69) is 15.5 Å². The molecule has 2 heterocycles. The summed E-state index contributed by atoms with van der Waals surface area (Å²) in [6, 6.07) is 31.8. The lowest BCUT2D eigenvalue weighted by atomic mass is 9.99. The summed E-state index contributed by atoms with van der Waals surface area (Å²) in [6.07, 6.45) is 1.87. The van der Waals surface area contributed by atoms with E-state index in [-0.39, 0.29) is 37.5 Å². The molecule has 0 spiro atoms. The van der Waals surface area contributed by atoms with Crippen molar-refractivity contribution in [3.05, 3.63) is 120 Å². The Morgan fingerprint density at radius 1 is 0.800 bits per heavy atom. The molecule has 0 radical (unpaired) electrons. The van der Waals surface area contributed by atoms with Crippen LogP contribution >= 0.6 is 0 Å². The number of carbonyl (C=O) groups is 1. The molecule has 4 aromatic carbocycles. The second kappa shape index (κ2) is 14.7. The van der Waals surface area contributed by atoms with E-state index in [1.807, 2.05) is 78.9 Å². The Hall–Kier alpha value is -4.25. The SMILES string of the molecule is O=C(Nc1ccc(Oc2ccccc2)cc1)Nc1ccc(C2OC(CN3CCCC3CO)CC(c3ccc(CO)cc3)O2)cc1. The predicted molar refractivity (Wildman–Crippen MR) is 172 cm³/mol. The highest BCUT2D eigenvalue weighted by atomic mass is 16.7. The predicted octanol–water partition coefficient (Wildman–Crippen LogP) is 6.62. The highest BCUT2D eigenvalue weighted by molar-refractivity contribution is 5.99. The molecular weight excluding hydrogens is 570 g/mol. The summed E-state index contributed by atoms with van der Waals surface area (Å²) in [6.45, 7) is 1.80. The summed E-state index contributed by atoms with van der Waals surface area (Å²) in [4.78, 5) is 15.0. The second-order valence-electron chi connectivity index (χ2n) is 11.5. The van der Waals surface area contributed by atoms with Crippen LogP contribution < -0.4 is 15.4 Å². The summed E-state index contributed by atoms with van der Waals surface area (Å²) in [5.74, 6) is 1.42. The van der Waals surface area contributed by atoms with Crippen molar-refractivity contribution >= 4 is 17.4 Å². The van der Waals surface area contributed by atoms with Crippen molar-refractivity contribution in [1.29, 1.82) is 0 Å². The topological polar surface area (TPSA) is 113 Å². The molecule has 0 bridgehead atoms. The molecule has 0 aromatic heterocycles. The van der Waals surface area contributed by atoms with Crippen molar-refractivity contribution in [2.75, 3.05) is 30.3 Å². The van der Waals surface area contributed by atoms with Gasteiger partial charge in [0.15, 0.2) is 6.29 Å². The molecule has 9 heteroatoms. The van der Waals surface area contributed by atoms with Crippen molar-refractivity contribution < 1.29 is 29.2 Å². The number of amides is 2. The minimum Gasteiger partial charge on any atom is -0.457 e. The summed E-state index contributed by atoms with van der Waals surface area (Å²) in [5.41, 5.74) is 3.99. The van der Waals surface area contributed by atoms with E-state index in [0.29, 0.717) is 23.5 Å². The van der Waals surface area contributed by atoms with Crippen molar-refractivity contribution in [3.63, 3.8) is 0 Å². The van der Waals surface area contributed by atoms with E-state index in [9.17, 15) is 15.0 Å². The quantitative estimate of drug-likeness (QED) is 0.160. The number of carbonyl (C=O) groups excluding carboxylic acids is 1. The lowest BCUT2D eigenvalue weighted by molar-refractivity contribution is -0.253. The lowest BCUT2D eigenvalue weighted by Crippen LogP contribution is -2.42. The number of aliphatic hydroxyl groups excluding tert-OH is 2. The fraction of sp³-hybridized carbons (Fsp3) is 0.306. The number of hydrogen-bond donors (Lipinski definition) is 4. The van der Waals surface area contributed by atoms with E-state index < -0.39 is 6.29 Å². The maximum absolute atomic E-state index is 12.7. The van der Waals surface area contributed by atoms with Crippen LogP contribution in [0.4, 0.5) is 16.2 Å². The molecular formula is C36H39N3O6. The Morgan fingerprint density at radius 2 is 1.44 bits per heavy atom. The molecule has 45 heavy (non-hydrogen) atoms. The lowest BCUT2D eigenvalue weighted by Gasteiger charge is -2.38. The number of aliphatic hydroxyl groups is 2. The fourth-order valence-corrected chi connectivity index (χ4v) is 5.88. The molecule has 0 aliphatic carbocycles. The third kappa shape index (κ3) is 8.08. The number of para-hydroxylation sites is 1. The van der Waals surface area contributed by atoms with Gasteiger partial charge in [-0.3, -0.25) is 4.90 Å². The molecule has 2 aliphatic rings. The zero-order valence-corrected chi connectivity index (χ0v) is 25.0. The first-order valence-corrected chi connectivity index (χ1v) is 15.4. The van der Waals surface area contributed by atoms with Gasteiger partial charge in [0.05, 0.1) is 25.4 Å². The number of likely N-dealkylation sites (tertiary alicyclic amines) is 1. The van der Waals surface area contributed by atoms with Gasteiger partial charge in [0.25, 0.3) is 0 Å². The molecule has 4 atom stereocenters. The van der Waals surface area contributed by atoms with Crippen LogP contribution in [0.2, 0.25) is 0 Å². The molecule has 2 fully saturated rings. The molecule has 2 amide bonds. The molecule has 4 aromatic rings. The summed E-state index contributed by atoms with van der Waals surface area (Å²) in [7, 11) is 0. The number of benzene rings is 4. The van der Waals surface area contributed by atoms with Crippen LogP contribution in [-0.2, 0) is 16.1 Å². The van der Waals surface area contributed by atoms with Crippen molar-refractivity contribution in [2.45, 2.75) is 50.4 Å². The zero-order chi connectivity index (χ0) is 31.0. The number of rotatable bonds is 10. The number of urea groups is 1. The first-order chi connectivity index (χ1) is 22.1. The molecule has 6 rings (SSSR count). The van der Waals surface area contributed by atoms with E-state index >= 15 is 0 Å². The van der Waals surface area contributed by atoms with Gasteiger partial charge >= 0.3 is 6.03 Å². The van der Waals surface area contributed by atoms with Gasteiger partial charge in [-0.1, -0.05) is 54.6 Å². The van der Waals surface area contributed by atoms with Crippen LogP contribution in [0, 0.1) is 0 Å². The largest absolute Gasteiger partial charge is 0.457 e. The molecule has 4 N–H and O–H groups in total. The molecule has 9 nitrogen and oxygen atoms in total. The van der Waals surface area contributed by atoms with Gasteiger partial charge in [0.1, 0.15) is 11.5 Å². The molecule has 4 unspecified atom stereocenters. The maximum atomic E-state index is 12.7. The maximum Gasteiger partial charge on any atom is 0.323 e. The third-order valence-electron chi connectivity index (χ3n) is 8.29. The van der Waals surface area contributed by atoms with Gasteiger partial charge < -0.3 is 35.1 Å². The zero-order valence-electron chi connectivity index (χ0n) is 25.0. The van der Waals surface area contributed by atoms with E-state index in [0.717, 1.165) is 48.4 Å². The summed E-state index contributed by atoms with van der Waals surface area (Å²) < 4.78 is 18.8. The monoisotopic (exact) mass is 609 g/mol. The van der Waals surface area contributed by atoms with E-state index in [1.54, 1.807) is 24.3 Å². The normalized spacial score (nSPS) is 21.7. The van der Waals surface area contributed by atoms with Gasteiger partial charge in [0.2, 0.25) is 0 Å². The van der Waals surface area contributed by atoms with Crippen LogP contribution in [0.15, 0.2) is 103 Å². The summed E-state index contributed by atoms with van der Waals surface area (Å²) in [5, 5.41) is 25.0. The molecule has 0 saturated carbocycles. The Balaban J connectivity index is 1.08. The number of ether oxygens (including phenoxy) is 3. The van der Waals surface area contributed by atoms with E-state index in [4.69, 9.17) is 14.2 Å². The fourth-order valence-electron chi connectivity index (χ4n) is 5.88. The Labute approximate surface area is 263 Å². The molecule has 2 saturated heterocycles. The van der Waals surface area contributed by atoms with Crippen LogP contribution in [-0.4, -0.2) is 53.0 Å². The number of nitrogens with one attached hydrogen (secondary N) is 2. The van der Waals surface area contributed by atoms with Crippen LogP contribution in [0.1, 0.15) is 48.3 Å². The highest BCUT2D eigenvalue weighted by Gasteiger charge is 2.35. The number of anilines is 2. The van der Waals surface area contributed by atoms with Crippen molar-refractivity contribution in [1.82, 2.24) is 4.90 Å². The number of hydrogen-bond acceptors (Lipinski definition) is 7. The highest BCUT2D eigenvalue weighted by Crippen LogP contribution is 2.39. The minimum absolute atomic E-state index is 0.00786. The standard InChI is InChI=1S/C36H39N3O6/c40-23-25-8-10-26(11-9-25)34-21-33(22-39-20-4-5-30(39)24-41)44-35(45-34)27-12-14-28(15-13-27)37-36(42)38-29-16-18-32(19-17-29)43-31-6-2-1-3-7-31/h1-3,6-19,30,33-35,40-41H,4-5,20-24H2,(H2,37,38,42). The van der Waals surface area contributed by atoms with Crippen LogP contribution in [0.3, 0.4) is 0 Å². The van der Waals surface area contributed by atoms with Crippen LogP contribution in [0.25, 0.3) is 0 Å². The van der Waals surface area contributed by atoms with Gasteiger partial charge in [-0.15, -0.1) is 0 Å². The first-order valence-electron chi connectivity index (χ1n) is 15.4. The van der Waals surface area contributed by atoms with Gasteiger partial charge in [-0.05, 0) is 79.0 Å². The van der Waals surface area contributed by atoms with Gasteiger partial charge in [-0.2, -0.15) is 0 Å². The average Bonchev–Trinajstić information content (AvgIpc) is 3.53. The van der Waals surface area contributed by atoms with Crippen molar-refractivity contribution in [3.8, 4) is 11.5 Å². The average molecular weight is 610 g/mol. The van der Waals surface area contributed by atoms with Gasteiger partial charge in [0, 0.05) is 35.9 Å². The van der Waals surface area contributed by atoms with Gasteiger partial charge in [-0.25, -0.2) is 4.79 Å². The Morgan fingerprint density at radius 3 is 2.11 bits per heavy atom. The number of nitrogens with zero attached hydrogens (tertiary/aromatic N) is 1. The van der Waals surface area contributed by atoms with Crippen molar-refractivity contribution in [2.24, 2.45) is 0 Å². The summed E-state index contributed by atoms with van der Waals surface area (Å²) >= 11 is 0. The smallest absolute Gasteiger partial charge is 0.323 e. The van der Waals surface area contributed by atoms with Crippen LogP contribution in [0.5, 0.6) is 11.5 Å². The third-order valence-corrected chi connectivity index (χ3v) is 8.29. The first kappa shape index (κ1) is 30.8.